The van der Waals surface area contributed by atoms with E-state index in [1.165, 1.54) is 12.1 Å². The zero-order valence-corrected chi connectivity index (χ0v) is 10.6. The Balaban J connectivity index is 2.53. The van der Waals surface area contributed by atoms with Crippen LogP contribution in [0.25, 0.3) is 0 Å². The number of carbonyl (C=O) groups is 1. The van der Waals surface area contributed by atoms with Crippen LogP contribution in [0.4, 0.5) is 13.2 Å². The van der Waals surface area contributed by atoms with Crippen molar-refractivity contribution < 1.29 is 18.0 Å². The van der Waals surface area contributed by atoms with E-state index in [4.69, 9.17) is 11.6 Å². The average molecular weight is 285 g/mol. The lowest BCUT2D eigenvalue weighted by Gasteiger charge is -2.06. The van der Waals surface area contributed by atoms with Gasteiger partial charge in [0.1, 0.15) is 0 Å². The van der Waals surface area contributed by atoms with E-state index in [9.17, 15) is 18.0 Å². The fourth-order valence-electron chi connectivity index (χ4n) is 1.65. The second kappa shape index (κ2) is 5.05. The lowest BCUT2D eigenvalue weighted by molar-refractivity contribution is 0.103. The molecule has 0 radical (unpaired) electrons. The molecule has 0 atom stereocenters. The highest BCUT2D eigenvalue weighted by molar-refractivity contribution is 6.35. The van der Waals surface area contributed by atoms with Crippen LogP contribution in [0.5, 0.6) is 0 Å². The van der Waals surface area contributed by atoms with Gasteiger partial charge in [-0.3, -0.25) is 4.79 Å². The Morgan fingerprint density at radius 2 is 1.63 bits per heavy atom. The van der Waals surface area contributed by atoms with Gasteiger partial charge in [0.15, 0.2) is 23.2 Å². The molecule has 0 aliphatic heterocycles. The van der Waals surface area contributed by atoms with Crippen molar-refractivity contribution in [2.45, 2.75) is 6.92 Å². The molecule has 0 aromatic heterocycles. The maximum absolute atomic E-state index is 13.5. The van der Waals surface area contributed by atoms with Gasteiger partial charge in [-0.25, -0.2) is 13.2 Å². The molecule has 19 heavy (non-hydrogen) atoms. The molecule has 2 rings (SSSR count). The molecule has 0 spiro atoms. The van der Waals surface area contributed by atoms with Crippen molar-refractivity contribution in [3.63, 3.8) is 0 Å². The molecular weight excluding hydrogens is 277 g/mol. The van der Waals surface area contributed by atoms with Crippen molar-refractivity contribution in [3.05, 3.63) is 69.5 Å². The zero-order valence-electron chi connectivity index (χ0n) is 9.81. The summed E-state index contributed by atoms with van der Waals surface area (Å²) in [4.78, 5) is 12.0. The summed E-state index contributed by atoms with van der Waals surface area (Å²) in [6, 6.07) is 6.17. The van der Waals surface area contributed by atoms with Gasteiger partial charge in [0.25, 0.3) is 0 Å². The van der Waals surface area contributed by atoms with E-state index in [-0.39, 0.29) is 10.6 Å². The lowest BCUT2D eigenvalue weighted by Crippen LogP contribution is -2.08. The monoisotopic (exact) mass is 284 g/mol. The van der Waals surface area contributed by atoms with Gasteiger partial charge in [-0.1, -0.05) is 17.7 Å². The van der Waals surface area contributed by atoms with Crippen molar-refractivity contribution in [3.8, 4) is 0 Å². The number of hydrogen-bond acceptors (Lipinski definition) is 1. The summed E-state index contributed by atoms with van der Waals surface area (Å²) in [5, 5.41) is 0.133. The van der Waals surface area contributed by atoms with E-state index in [0.717, 1.165) is 11.6 Å². The van der Waals surface area contributed by atoms with Gasteiger partial charge in [0.05, 0.1) is 10.6 Å². The Kier molecular flexibility index (Phi) is 3.62. The van der Waals surface area contributed by atoms with E-state index in [1.54, 1.807) is 13.0 Å². The van der Waals surface area contributed by atoms with E-state index in [2.05, 4.69) is 0 Å². The third kappa shape index (κ3) is 2.49. The maximum Gasteiger partial charge on any atom is 0.197 e. The molecule has 2 aromatic rings. The van der Waals surface area contributed by atoms with Gasteiger partial charge in [-0.05, 0) is 36.8 Å². The lowest BCUT2D eigenvalue weighted by atomic mass is 10.0. The first-order valence-electron chi connectivity index (χ1n) is 5.36. The molecule has 0 N–H and O–H groups in total. The quantitative estimate of drug-likeness (QED) is 0.594. The Morgan fingerprint density at radius 1 is 1.00 bits per heavy atom. The van der Waals surface area contributed by atoms with Gasteiger partial charge >= 0.3 is 0 Å². The first-order valence-corrected chi connectivity index (χ1v) is 5.74. The highest BCUT2D eigenvalue weighted by Crippen LogP contribution is 2.23. The number of rotatable bonds is 2. The topological polar surface area (TPSA) is 17.1 Å². The van der Waals surface area contributed by atoms with Crippen LogP contribution in [-0.4, -0.2) is 5.78 Å². The molecule has 0 heterocycles. The summed E-state index contributed by atoms with van der Waals surface area (Å²) in [5.74, 6) is -5.32. The summed E-state index contributed by atoms with van der Waals surface area (Å²) in [6.07, 6.45) is 0. The van der Waals surface area contributed by atoms with Crippen molar-refractivity contribution in [2.24, 2.45) is 0 Å². The molecular formula is C14H8ClF3O. The molecule has 0 bridgehead atoms. The van der Waals surface area contributed by atoms with Gasteiger partial charge < -0.3 is 0 Å². The second-order valence-corrected chi connectivity index (χ2v) is 4.44. The van der Waals surface area contributed by atoms with Crippen LogP contribution in [0.1, 0.15) is 21.5 Å². The van der Waals surface area contributed by atoms with Crippen molar-refractivity contribution in [1.82, 2.24) is 0 Å². The summed E-state index contributed by atoms with van der Waals surface area (Å²) in [5.41, 5.74) is 0.314. The van der Waals surface area contributed by atoms with Crippen molar-refractivity contribution >= 4 is 17.4 Å². The first kappa shape index (κ1) is 13.6. The van der Waals surface area contributed by atoms with Gasteiger partial charge in [0, 0.05) is 5.56 Å². The molecule has 0 fully saturated rings. The number of ketones is 1. The summed E-state index contributed by atoms with van der Waals surface area (Å²) >= 11 is 5.89. The minimum absolute atomic E-state index is 0.0391. The zero-order chi connectivity index (χ0) is 14.2. The molecule has 0 amide bonds. The number of benzene rings is 2. The van der Waals surface area contributed by atoms with Crippen molar-refractivity contribution in [2.75, 3.05) is 0 Å². The Labute approximate surface area is 112 Å². The van der Waals surface area contributed by atoms with E-state index in [0.29, 0.717) is 6.07 Å². The van der Waals surface area contributed by atoms with Crippen LogP contribution < -0.4 is 0 Å². The largest absolute Gasteiger partial charge is 0.288 e. The molecule has 0 saturated carbocycles. The van der Waals surface area contributed by atoms with Gasteiger partial charge in [-0.15, -0.1) is 0 Å². The Hall–Kier alpha value is -1.81. The highest BCUT2D eigenvalue weighted by Gasteiger charge is 2.21. The first-order chi connectivity index (χ1) is 8.91. The van der Waals surface area contributed by atoms with E-state index >= 15 is 0 Å². The summed E-state index contributed by atoms with van der Waals surface area (Å²) in [6.45, 7) is 1.78. The van der Waals surface area contributed by atoms with E-state index < -0.39 is 28.8 Å². The van der Waals surface area contributed by atoms with Crippen LogP contribution in [0.2, 0.25) is 5.02 Å². The number of halogens is 4. The van der Waals surface area contributed by atoms with Crippen LogP contribution in [0.3, 0.4) is 0 Å². The molecule has 1 nitrogen and oxygen atoms in total. The predicted molar refractivity (Wildman–Crippen MR) is 65.9 cm³/mol. The molecule has 0 aliphatic rings. The van der Waals surface area contributed by atoms with Crippen LogP contribution in [0.15, 0.2) is 30.3 Å². The smallest absolute Gasteiger partial charge is 0.197 e. The Bertz CT molecular complexity index is 668. The summed E-state index contributed by atoms with van der Waals surface area (Å²) < 4.78 is 39.4. The maximum atomic E-state index is 13.5. The number of aryl methyl sites for hydroxylation is 1. The SMILES string of the molecule is Cc1ccc(C(=O)c2ccc(F)c(F)c2F)c(Cl)c1. The molecule has 0 aliphatic carbocycles. The third-order valence-corrected chi connectivity index (χ3v) is 2.96. The molecule has 0 unspecified atom stereocenters. The van der Waals surface area contributed by atoms with Gasteiger partial charge in [-0.2, -0.15) is 0 Å². The highest BCUT2D eigenvalue weighted by atomic mass is 35.5. The van der Waals surface area contributed by atoms with Crippen LogP contribution in [0, 0.1) is 24.4 Å². The minimum Gasteiger partial charge on any atom is -0.288 e. The standard InChI is InChI=1S/C14H8ClF3O/c1-7-2-3-8(10(15)6-7)14(19)9-4-5-11(16)13(18)12(9)17/h2-6H,1H3. The average Bonchev–Trinajstić information content (AvgIpc) is 2.35. The fourth-order valence-corrected chi connectivity index (χ4v) is 1.97. The molecule has 98 valence electrons. The molecule has 2 aromatic carbocycles. The van der Waals surface area contributed by atoms with Crippen LogP contribution >= 0.6 is 11.6 Å². The molecule has 5 heteroatoms. The minimum atomic E-state index is -1.67. The number of hydrogen-bond donors (Lipinski definition) is 0. The normalized spacial score (nSPS) is 10.6. The third-order valence-electron chi connectivity index (χ3n) is 2.65. The van der Waals surface area contributed by atoms with Crippen molar-refractivity contribution in [1.29, 1.82) is 0 Å². The Morgan fingerprint density at radius 3 is 2.26 bits per heavy atom. The second-order valence-electron chi connectivity index (χ2n) is 4.04. The van der Waals surface area contributed by atoms with Gasteiger partial charge in [0.2, 0.25) is 0 Å². The predicted octanol–water partition coefficient (Wildman–Crippen LogP) is 4.30. The fraction of sp³-hybridized carbons (Fsp3) is 0.0714. The summed E-state index contributed by atoms with van der Waals surface area (Å²) in [7, 11) is 0. The van der Waals surface area contributed by atoms with Crippen LogP contribution in [-0.2, 0) is 0 Å². The molecule has 0 saturated heterocycles. The van der Waals surface area contributed by atoms with E-state index in [1.807, 2.05) is 0 Å². The number of carbonyl (C=O) groups excluding carboxylic acids is 1.